The van der Waals surface area contributed by atoms with Crippen molar-refractivity contribution in [2.45, 2.75) is 42.4 Å². The number of nitrogens with one attached hydrogen (secondary N) is 1. The van der Waals surface area contributed by atoms with Gasteiger partial charge in [0.2, 0.25) is 15.3 Å². The molecule has 1 N–H and O–H groups in total. The molecule has 1 aromatic rings. The highest BCUT2D eigenvalue weighted by molar-refractivity contribution is 8.00. The summed E-state index contributed by atoms with van der Waals surface area (Å²) in [5.41, 5.74) is 0. The normalized spacial score (nSPS) is 23.7. The van der Waals surface area contributed by atoms with Crippen LogP contribution in [0.3, 0.4) is 0 Å². The Labute approximate surface area is 122 Å². The quantitative estimate of drug-likeness (QED) is 0.841. The standard InChI is InChI=1S/C11H16ClN3O2S2/c1-2-18-10-5-3-4-9(10)15-19(16,17)8-6-13-11(12)14-7-8/h6-7,9-10,15H,2-5H2,1H3. The lowest BCUT2D eigenvalue weighted by molar-refractivity contribution is 0.554. The molecule has 0 spiro atoms. The molecule has 1 aromatic heterocycles. The highest BCUT2D eigenvalue weighted by Gasteiger charge is 2.31. The lowest BCUT2D eigenvalue weighted by Crippen LogP contribution is -2.38. The van der Waals surface area contributed by atoms with E-state index < -0.39 is 10.0 Å². The van der Waals surface area contributed by atoms with Gasteiger partial charge in [-0.15, -0.1) is 0 Å². The third-order valence-corrected chi connectivity index (χ3v) is 6.01. The Morgan fingerprint density at radius 2 is 2.11 bits per heavy atom. The maximum absolute atomic E-state index is 12.2. The molecule has 19 heavy (non-hydrogen) atoms. The van der Waals surface area contributed by atoms with Crippen molar-refractivity contribution in [3.63, 3.8) is 0 Å². The Kier molecular flexibility index (Phi) is 5.05. The van der Waals surface area contributed by atoms with Crippen LogP contribution < -0.4 is 4.72 Å². The predicted molar refractivity (Wildman–Crippen MR) is 76.9 cm³/mol. The summed E-state index contributed by atoms with van der Waals surface area (Å²) in [4.78, 5) is 7.47. The fourth-order valence-electron chi connectivity index (χ4n) is 2.18. The molecule has 5 nitrogen and oxygen atoms in total. The first kappa shape index (κ1) is 15.0. The van der Waals surface area contributed by atoms with Gasteiger partial charge in [-0.05, 0) is 30.2 Å². The SMILES string of the molecule is CCSC1CCCC1NS(=O)(=O)c1cnc(Cl)nc1. The minimum atomic E-state index is -3.56. The monoisotopic (exact) mass is 321 g/mol. The van der Waals surface area contributed by atoms with Crippen LogP contribution in [0, 0.1) is 0 Å². The molecule has 0 amide bonds. The zero-order valence-corrected chi connectivity index (χ0v) is 12.9. The minimum Gasteiger partial charge on any atom is -0.225 e. The van der Waals surface area contributed by atoms with Gasteiger partial charge in [-0.1, -0.05) is 13.3 Å². The van der Waals surface area contributed by atoms with Crippen LogP contribution >= 0.6 is 23.4 Å². The van der Waals surface area contributed by atoms with Gasteiger partial charge in [-0.25, -0.2) is 23.1 Å². The van der Waals surface area contributed by atoms with Crippen LogP contribution in [0.1, 0.15) is 26.2 Å². The van der Waals surface area contributed by atoms with Gasteiger partial charge < -0.3 is 0 Å². The predicted octanol–water partition coefficient (Wildman–Crippen LogP) is 2.08. The van der Waals surface area contributed by atoms with Crippen molar-refractivity contribution in [1.82, 2.24) is 14.7 Å². The fourth-order valence-corrected chi connectivity index (χ4v) is 4.76. The first-order chi connectivity index (χ1) is 9.03. The van der Waals surface area contributed by atoms with Crippen molar-refractivity contribution in [2.75, 3.05) is 5.75 Å². The number of thioether (sulfide) groups is 1. The summed E-state index contributed by atoms with van der Waals surface area (Å²) < 4.78 is 27.2. The molecule has 8 heteroatoms. The highest BCUT2D eigenvalue weighted by Crippen LogP contribution is 2.30. The first-order valence-corrected chi connectivity index (χ1v) is 9.05. The van der Waals surface area contributed by atoms with E-state index in [0.29, 0.717) is 5.25 Å². The summed E-state index contributed by atoms with van der Waals surface area (Å²) in [6, 6.07) is -0.00868. The highest BCUT2D eigenvalue weighted by atomic mass is 35.5. The molecule has 0 saturated heterocycles. The minimum absolute atomic E-state index is 0.00868. The summed E-state index contributed by atoms with van der Waals surface area (Å²) in [6.45, 7) is 2.08. The van der Waals surface area contributed by atoms with Crippen LogP contribution in [0.25, 0.3) is 0 Å². The van der Waals surface area contributed by atoms with Crippen molar-refractivity contribution >= 4 is 33.4 Å². The van der Waals surface area contributed by atoms with E-state index >= 15 is 0 Å². The van der Waals surface area contributed by atoms with Crippen molar-refractivity contribution in [1.29, 1.82) is 0 Å². The van der Waals surface area contributed by atoms with Crippen molar-refractivity contribution in [2.24, 2.45) is 0 Å². The number of nitrogens with zero attached hydrogens (tertiary/aromatic N) is 2. The van der Waals surface area contributed by atoms with E-state index in [4.69, 9.17) is 11.6 Å². The smallest absolute Gasteiger partial charge is 0.225 e. The summed E-state index contributed by atoms with van der Waals surface area (Å²) in [5, 5.41) is 0.396. The van der Waals surface area contributed by atoms with Crippen LogP contribution in [0.2, 0.25) is 5.28 Å². The van der Waals surface area contributed by atoms with Crippen LogP contribution in [-0.4, -0.2) is 35.4 Å². The molecule has 0 aromatic carbocycles. The zero-order valence-electron chi connectivity index (χ0n) is 10.5. The van der Waals surface area contributed by atoms with Gasteiger partial charge in [0.1, 0.15) is 4.90 Å². The molecule has 0 radical (unpaired) electrons. The second-order valence-corrected chi connectivity index (χ2v) is 7.91. The summed E-state index contributed by atoms with van der Waals surface area (Å²) in [5.74, 6) is 0.993. The molecule has 106 valence electrons. The van der Waals surface area contributed by atoms with Gasteiger partial charge in [0.25, 0.3) is 0 Å². The molecule has 2 unspecified atom stereocenters. The average molecular weight is 322 g/mol. The Morgan fingerprint density at radius 3 is 2.74 bits per heavy atom. The summed E-state index contributed by atoms with van der Waals surface area (Å²) in [7, 11) is -3.56. The topological polar surface area (TPSA) is 72.0 Å². The van der Waals surface area contributed by atoms with Gasteiger partial charge in [0.15, 0.2) is 0 Å². The van der Waals surface area contributed by atoms with Crippen molar-refractivity contribution in [3.05, 3.63) is 17.7 Å². The Bertz CT molecular complexity index is 521. The number of rotatable bonds is 5. The van der Waals surface area contributed by atoms with Gasteiger partial charge in [0.05, 0.1) is 12.4 Å². The van der Waals surface area contributed by atoms with Crippen LogP contribution in [0.5, 0.6) is 0 Å². The molecule has 1 aliphatic carbocycles. The number of hydrogen-bond donors (Lipinski definition) is 1. The van der Waals surface area contributed by atoms with E-state index in [9.17, 15) is 8.42 Å². The van der Waals surface area contributed by atoms with Gasteiger partial charge in [0, 0.05) is 11.3 Å². The first-order valence-electron chi connectivity index (χ1n) is 6.14. The fraction of sp³-hybridized carbons (Fsp3) is 0.636. The molecule has 2 rings (SSSR count). The second-order valence-electron chi connectivity index (χ2n) is 4.34. The summed E-state index contributed by atoms with van der Waals surface area (Å²) in [6.07, 6.45) is 5.46. The van der Waals surface area contributed by atoms with E-state index in [0.717, 1.165) is 25.0 Å². The van der Waals surface area contributed by atoms with E-state index in [1.165, 1.54) is 12.4 Å². The van der Waals surface area contributed by atoms with E-state index in [2.05, 4.69) is 21.6 Å². The molecular formula is C11H16ClN3O2S2. The van der Waals surface area contributed by atoms with Gasteiger partial charge >= 0.3 is 0 Å². The largest absolute Gasteiger partial charge is 0.243 e. The van der Waals surface area contributed by atoms with E-state index in [1.54, 1.807) is 11.8 Å². The maximum atomic E-state index is 12.2. The molecule has 1 heterocycles. The lowest BCUT2D eigenvalue weighted by Gasteiger charge is -2.19. The Morgan fingerprint density at radius 1 is 1.42 bits per heavy atom. The van der Waals surface area contributed by atoms with Gasteiger partial charge in [-0.3, -0.25) is 0 Å². The van der Waals surface area contributed by atoms with Crippen molar-refractivity contribution < 1.29 is 8.42 Å². The molecular weight excluding hydrogens is 306 g/mol. The van der Waals surface area contributed by atoms with Crippen molar-refractivity contribution in [3.8, 4) is 0 Å². The van der Waals surface area contributed by atoms with E-state index in [1.807, 2.05) is 0 Å². The summed E-state index contributed by atoms with van der Waals surface area (Å²) >= 11 is 7.36. The second kappa shape index (κ2) is 6.39. The number of halogens is 1. The average Bonchev–Trinajstić information content (AvgIpc) is 2.77. The molecule has 2 atom stereocenters. The maximum Gasteiger partial charge on any atom is 0.243 e. The number of hydrogen-bond acceptors (Lipinski definition) is 5. The number of sulfonamides is 1. The molecule has 0 bridgehead atoms. The van der Waals surface area contributed by atoms with E-state index in [-0.39, 0.29) is 16.2 Å². The van der Waals surface area contributed by atoms with Gasteiger partial charge in [-0.2, -0.15) is 11.8 Å². The lowest BCUT2D eigenvalue weighted by atomic mass is 10.3. The Balaban J connectivity index is 2.10. The molecule has 1 saturated carbocycles. The zero-order chi connectivity index (χ0) is 13.9. The van der Waals surface area contributed by atoms with Crippen LogP contribution in [0.4, 0.5) is 0 Å². The third kappa shape index (κ3) is 3.81. The van der Waals surface area contributed by atoms with Crippen LogP contribution in [0.15, 0.2) is 17.3 Å². The molecule has 0 aliphatic heterocycles. The molecule has 1 aliphatic rings. The number of aromatic nitrogens is 2. The van der Waals surface area contributed by atoms with Crippen LogP contribution in [-0.2, 0) is 10.0 Å². The third-order valence-electron chi connectivity index (χ3n) is 3.05. The Hall–Kier alpha value is -0.370. The molecule has 1 fully saturated rings.